The van der Waals surface area contributed by atoms with E-state index in [1.165, 1.54) is 19.3 Å². The zero-order valence-corrected chi connectivity index (χ0v) is 17.0. The van der Waals surface area contributed by atoms with Gasteiger partial charge in [0, 0.05) is 48.9 Å². The highest BCUT2D eigenvalue weighted by molar-refractivity contribution is 7.08. The predicted octanol–water partition coefficient (Wildman–Crippen LogP) is 3.77. The number of piperidine rings is 1. The van der Waals surface area contributed by atoms with Crippen LogP contribution in [0.5, 0.6) is 0 Å². The second-order valence-electron chi connectivity index (χ2n) is 7.53. The highest BCUT2D eigenvalue weighted by Gasteiger charge is 2.12. The van der Waals surface area contributed by atoms with Crippen molar-refractivity contribution in [3.05, 3.63) is 64.1 Å². The number of thiophene rings is 1. The van der Waals surface area contributed by atoms with E-state index in [0.717, 1.165) is 54.1 Å². The van der Waals surface area contributed by atoms with Gasteiger partial charge in [-0.1, -0.05) is 6.42 Å². The van der Waals surface area contributed by atoms with Crippen LogP contribution in [0.4, 0.5) is 0 Å². The Morgan fingerprint density at radius 1 is 1.00 bits per heavy atom. The molecule has 7 heteroatoms. The molecule has 4 aromatic rings. The van der Waals surface area contributed by atoms with Gasteiger partial charge in [0.15, 0.2) is 5.65 Å². The molecule has 1 aliphatic heterocycles. The highest BCUT2D eigenvalue weighted by Crippen LogP contribution is 2.26. The molecule has 0 aliphatic carbocycles. The second-order valence-corrected chi connectivity index (χ2v) is 8.31. The molecule has 0 unspecified atom stereocenters. The van der Waals surface area contributed by atoms with Crippen molar-refractivity contribution in [3.63, 3.8) is 0 Å². The van der Waals surface area contributed by atoms with E-state index < -0.39 is 0 Å². The van der Waals surface area contributed by atoms with Gasteiger partial charge in [0.1, 0.15) is 0 Å². The van der Waals surface area contributed by atoms with Crippen LogP contribution in [0.2, 0.25) is 0 Å². The molecule has 1 saturated heterocycles. The maximum atomic E-state index is 12.6. The molecular formula is C22H23N5OS. The first-order valence-corrected chi connectivity index (χ1v) is 11.0. The average molecular weight is 406 g/mol. The van der Waals surface area contributed by atoms with Crippen LogP contribution in [0.1, 0.15) is 19.3 Å². The Balaban J connectivity index is 1.37. The molecule has 0 aromatic carbocycles. The first-order valence-electron chi connectivity index (χ1n) is 10.1. The number of nitrogens with zero attached hydrogens (tertiary/aromatic N) is 5. The van der Waals surface area contributed by atoms with Crippen LogP contribution in [0.3, 0.4) is 0 Å². The van der Waals surface area contributed by atoms with Crippen LogP contribution in [0.15, 0.2) is 58.5 Å². The quantitative estimate of drug-likeness (QED) is 0.507. The smallest absolute Gasteiger partial charge is 0.251 e. The van der Waals surface area contributed by atoms with E-state index in [9.17, 15) is 4.79 Å². The van der Waals surface area contributed by atoms with E-state index in [1.807, 2.05) is 36.2 Å². The number of aromatic nitrogens is 4. The third-order valence-corrected chi connectivity index (χ3v) is 6.31. The van der Waals surface area contributed by atoms with Gasteiger partial charge in [-0.3, -0.25) is 4.79 Å². The Morgan fingerprint density at radius 3 is 2.69 bits per heavy atom. The lowest BCUT2D eigenvalue weighted by molar-refractivity contribution is 0.220. The lowest BCUT2D eigenvalue weighted by Crippen LogP contribution is -2.34. The molecule has 1 aliphatic rings. The van der Waals surface area contributed by atoms with Gasteiger partial charge in [-0.2, -0.15) is 16.4 Å². The molecule has 6 nitrogen and oxygen atoms in total. The molecule has 0 amide bonds. The monoisotopic (exact) mass is 405 g/mol. The summed E-state index contributed by atoms with van der Waals surface area (Å²) in [5.74, 6) is 0. The Labute approximate surface area is 173 Å². The lowest BCUT2D eigenvalue weighted by atomic mass is 10.1. The molecule has 0 spiro atoms. The summed E-state index contributed by atoms with van der Waals surface area (Å²) in [6.07, 6.45) is 11.4. The van der Waals surface area contributed by atoms with Gasteiger partial charge in [0.2, 0.25) is 0 Å². The summed E-state index contributed by atoms with van der Waals surface area (Å²) in [5, 5.41) is 8.59. The van der Waals surface area contributed by atoms with Crippen LogP contribution >= 0.6 is 11.3 Å². The number of hydrogen-bond acceptors (Lipinski definition) is 5. The van der Waals surface area contributed by atoms with Crippen molar-refractivity contribution < 1.29 is 0 Å². The number of rotatable bonds is 5. The SMILES string of the molecule is O=c1cc(-c2cnc3c(-c4ccsc4)cnn3c2)ccn1CCN1CCCCC1. The Morgan fingerprint density at radius 2 is 1.90 bits per heavy atom. The van der Waals surface area contributed by atoms with E-state index in [1.54, 1.807) is 26.5 Å². The summed E-state index contributed by atoms with van der Waals surface area (Å²) in [6.45, 7) is 3.97. The van der Waals surface area contributed by atoms with Crippen molar-refractivity contribution in [1.29, 1.82) is 0 Å². The topological polar surface area (TPSA) is 55.4 Å². The predicted molar refractivity (Wildman–Crippen MR) is 116 cm³/mol. The first kappa shape index (κ1) is 18.3. The third kappa shape index (κ3) is 3.75. The molecule has 4 aromatic heterocycles. The molecule has 29 heavy (non-hydrogen) atoms. The van der Waals surface area contributed by atoms with Gasteiger partial charge in [0.05, 0.1) is 6.20 Å². The average Bonchev–Trinajstić information content (AvgIpc) is 3.42. The molecule has 0 bridgehead atoms. The van der Waals surface area contributed by atoms with Gasteiger partial charge in [-0.15, -0.1) is 0 Å². The van der Waals surface area contributed by atoms with Crippen LogP contribution in [-0.2, 0) is 6.54 Å². The molecule has 0 atom stereocenters. The van der Waals surface area contributed by atoms with E-state index in [4.69, 9.17) is 0 Å². The van der Waals surface area contributed by atoms with Crippen molar-refractivity contribution in [3.8, 4) is 22.3 Å². The van der Waals surface area contributed by atoms with Gasteiger partial charge in [-0.05, 0) is 60.0 Å². The summed E-state index contributed by atoms with van der Waals surface area (Å²) in [7, 11) is 0. The molecule has 0 saturated carbocycles. The van der Waals surface area contributed by atoms with Crippen molar-refractivity contribution in [2.45, 2.75) is 25.8 Å². The fourth-order valence-electron chi connectivity index (χ4n) is 3.95. The van der Waals surface area contributed by atoms with Crippen molar-refractivity contribution >= 4 is 17.0 Å². The van der Waals surface area contributed by atoms with E-state index in [0.29, 0.717) is 0 Å². The fourth-order valence-corrected chi connectivity index (χ4v) is 4.61. The Bertz CT molecular complexity index is 1170. The zero-order valence-electron chi connectivity index (χ0n) is 16.2. The number of likely N-dealkylation sites (tertiary alicyclic amines) is 1. The van der Waals surface area contributed by atoms with Crippen LogP contribution in [0.25, 0.3) is 27.9 Å². The summed E-state index contributed by atoms with van der Waals surface area (Å²) in [5.41, 5.74) is 4.75. The number of fused-ring (bicyclic) bond motifs is 1. The number of hydrogen-bond donors (Lipinski definition) is 0. The standard InChI is InChI=1S/C22H23N5OS/c28-21-12-17(4-8-26(21)10-9-25-6-2-1-3-7-25)19-13-23-22-20(14-24-27(22)15-19)18-5-11-29-16-18/h4-5,8,11-16H,1-3,6-7,9-10H2. The van der Waals surface area contributed by atoms with Crippen molar-refractivity contribution in [2.24, 2.45) is 0 Å². The molecule has 0 N–H and O–H groups in total. The van der Waals surface area contributed by atoms with Crippen LogP contribution < -0.4 is 5.56 Å². The second kappa shape index (κ2) is 7.93. The lowest BCUT2D eigenvalue weighted by Gasteiger charge is -2.26. The third-order valence-electron chi connectivity index (χ3n) is 5.62. The van der Waals surface area contributed by atoms with Crippen molar-refractivity contribution in [2.75, 3.05) is 19.6 Å². The molecule has 1 fully saturated rings. The number of pyridine rings is 1. The summed E-state index contributed by atoms with van der Waals surface area (Å²) in [4.78, 5) is 19.7. The highest BCUT2D eigenvalue weighted by atomic mass is 32.1. The molecule has 5 heterocycles. The molecule has 0 radical (unpaired) electrons. The molecule has 148 valence electrons. The van der Waals surface area contributed by atoms with Gasteiger partial charge >= 0.3 is 0 Å². The van der Waals surface area contributed by atoms with E-state index >= 15 is 0 Å². The summed E-state index contributed by atoms with van der Waals surface area (Å²) in [6, 6.07) is 5.76. The fraction of sp³-hybridized carbons (Fsp3) is 0.318. The minimum Gasteiger partial charge on any atom is -0.314 e. The van der Waals surface area contributed by atoms with Gasteiger partial charge < -0.3 is 9.47 Å². The summed E-state index contributed by atoms with van der Waals surface area (Å²) < 4.78 is 3.58. The normalized spacial score (nSPS) is 15.2. The minimum atomic E-state index is 0.0269. The van der Waals surface area contributed by atoms with E-state index in [-0.39, 0.29) is 5.56 Å². The Hall–Kier alpha value is -2.77. The molecule has 5 rings (SSSR count). The largest absolute Gasteiger partial charge is 0.314 e. The van der Waals surface area contributed by atoms with Crippen LogP contribution in [0, 0.1) is 0 Å². The molecular weight excluding hydrogens is 382 g/mol. The first-order chi connectivity index (χ1) is 14.3. The minimum absolute atomic E-state index is 0.0269. The summed E-state index contributed by atoms with van der Waals surface area (Å²) >= 11 is 1.66. The maximum absolute atomic E-state index is 12.6. The van der Waals surface area contributed by atoms with Crippen molar-refractivity contribution in [1.82, 2.24) is 24.1 Å². The zero-order chi connectivity index (χ0) is 19.6. The van der Waals surface area contributed by atoms with Gasteiger partial charge in [-0.25, -0.2) is 9.50 Å². The van der Waals surface area contributed by atoms with Gasteiger partial charge in [0.25, 0.3) is 5.56 Å². The van der Waals surface area contributed by atoms with E-state index in [2.05, 4.69) is 26.4 Å². The maximum Gasteiger partial charge on any atom is 0.251 e. The van der Waals surface area contributed by atoms with Crippen LogP contribution in [-0.4, -0.2) is 43.7 Å². The Kier molecular flexibility index (Phi) is 4.99.